The van der Waals surface area contributed by atoms with Crippen LogP contribution in [0.25, 0.3) is 0 Å². The molecule has 0 aromatic carbocycles. The van der Waals surface area contributed by atoms with Crippen LogP contribution in [0.5, 0.6) is 0 Å². The van der Waals surface area contributed by atoms with E-state index in [0.717, 1.165) is 0 Å². The maximum atomic E-state index is 10.4. The molecule has 9 heteroatoms. The second-order valence-corrected chi connectivity index (χ2v) is 4.73. The van der Waals surface area contributed by atoms with Crippen LogP contribution in [0.4, 0.5) is 0 Å². The van der Waals surface area contributed by atoms with Crippen LogP contribution >= 0.6 is 7.60 Å². The third kappa shape index (κ3) is 6.93. The first-order valence-electron chi connectivity index (χ1n) is 4.18. The largest absolute Gasteiger partial charge is 0.394 e. The van der Waals surface area contributed by atoms with Gasteiger partial charge in [-0.15, -0.1) is 0 Å². The fraction of sp³-hybridized carbons (Fsp3) is 1.00. The molecule has 0 aliphatic carbocycles. The molecular weight excluding hydrogens is 229 g/mol. The highest BCUT2D eigenvalue weighted by Gasteiger charge is 2.24. The smallest absolute Gasteiger partial charge is 0.339 e. The normalized spacial score (nSPS) is 18.5. The lowest BCUT2D eigenvalue weighted by molar-refractivity contribution is -0.0747. The minimum Gasteiger partial charge on any atom is -0.394 e. The predicted molar refractivity (Wildman–Crippen MR) is 50.0 cm³/mol. The van der Waals surface area contributed by atoms with Gasteiger partial charge in [0.1, 0.15) is 12.2 Å². The molecule has 0 unspecified atom stereocenters. The zero-order chi connectivity index (χ0) is 12.1. The van der Waals surface area contributed by atoms with Gasteiger partial charge >= 0.3 is 7.60 Å². The molecule has 8 nitrogen and oxygen atoms in total. The number of aliphatic hydroxyl groups excluding tert-OH is 4. The molecule has 0 amide bonds. The molecule has 0 radical (unpaired) electrons. The Morgan fingerprint density at radius 2 is 1.67 bits per heavy atom. The van der Waals surface area contributed by atoms with Crippen LogP contribution in [-0.2, 0) is 4.57 Å². The molecule has 0 heterocycles. The van der Waals surface area contributed by atoms with Gasteiger partial charge in [-0.25, -0.2) is 0 Å². The van der Waals surface area contributed by atoms with Gasteiger partial charge in [-0.3, -0.25) is 4.57 Å². The Morgan fingerprint density at radius 3 is 2.07 bits per heavy atom. The van der Waals surface area contributed by atoms with Crippen molar-refractivity contribution in [2.45, 2.75) is 18.3 Å². The Bertz CT molecular complexity index is 220. The fourth-order valence-electron chi connectivity index (χ4n) is 0.843. The van der Waals surface area contributed by atoms with Crippen molar-refractivity contribution in [2.24, 2.45) is 0 Å². The number of hydrogen-bond acceptors (Lipinski definition) is 6. The first kappa shape index (κ1) is 14.9. The van der Waals surface area contributed by atoms with E-state index in [0.29, 0.717) is 0 Å². The molecule has 7 N–H and O–H groups in total. The van der Waals surface area contributed by atoms with Crippen molar-refractivity contribution in [3.05, 3.63) is 0 Å². The van der Waals surface area contributed by atoms with Crippen LogP contribution in [0, 0.1) is 0 Å². The standard InChI is InChI=1S/C6H16NO7P/c8-2-5(10)6(11)4(9)1-7-3-15(12,13)14/h4-11H,1-3H2,(H2,12,13,14)/t4-,5-,6-/m1/s1. The lowest BCUT2D eigenvalue weighted by Crippen LogP contribution is -2.44. The van der Waals surface area contributed by atoms with E-state index in [2.05, 4.69) is 5.32 Å². The molecule has 0 spiro atoms. The summed E-state index contributed by atoms with van der Waals surface area (Å²) in [5.41, 5.74) is 0. The van der Waals surface area contributed by atoms with Gasteiger partial charge in [0.2, 0.25) is 0 Å². The van der Waals surface area contributed by atoms with Crippen molar-refractivity contribution in [2.75, 3.05) is 19.4 Å². The van der Waals surface area contributed by atoms with Gasteiger partial charge in [-0.05, 0) is 0 Å². The summed E-state index contributed by atoms with van der Waals surface area (Å²) >= 11 is 0. The van der Waals surface area contributed by atoms with Gasteiger partial charge in [-0.1, -0.05) is 0 Å². The average Bonchev–Trinajstić information content (AvgIpc) is 2.13. The Morgan fingerprint density at radius 1 is 1.13 bits per heavy atom. The van der Waals surface area contributed by atoms with Crippen LogP contribution in [0.2, 0.25) is 0 Å². The molecule has 3 atom stereocenters. The second kappa shape index (κ2) is 6.51. The molecule has 0 fully saturated rings. The third-order valence-electron chi connectivity index (χ3n) is 1.65. The summed E-state index contributed by atoms with van der Waals surface area (Å²) < 4.78 is 10.4. The molecule has 0 saturated carbocycles. The van der Waals surface area contributed by atoms with E-state index in [1.54, 1.807) is 0 Å². The van der Waals surface area contributed by atoms with Crippen LogP contribution < -0.4 is 5.32 Å². The van der Waals surface area contributed by atoms with Crippen molar-refractivity contribution >= 4 is 7.60 Å². The Balaban J connectivity index is 3.83. The SMILES string of the molecule is O=P(O)(O)CNC[C@@H](O)[C@@H](O)[C@H](O)CO. The maximum Gasteiger partial charge on any atom is 0.339 e. The molecule has 0 aromatic heterocycles. The molecule has 0 aliphatic heterocycles. The lowest BCUT2D eigenvalue weighted by atomic mass is 10.1. The number of aliphatic hydroxyl groups is 4. The third-order valence-corrected chi connectivity index (χ3v) is 2.28. The summed E-state index contributed by atoms with van der Waals surface area (Å²) in [6.07, 6.45) is -5.11. The topological polar surface area (TPSA) is 150 Å². The number of rotatable bonds is 7. The van der Waals surface area contributed by atoms with Gasteiger partial charge in [-0.2, -0.15) is 0 Å². The van der Waals surface area contributed by atoms with E-state index in [4.69, 9.17) is 25.1 Å². The van der Waals surface area contributed by atoms with Crippen molar-refractivity contribution in [3.63, 3.8) is 0 Å². The first-order valence-corrected chi connectivity index (χ1v) is 5.98. The minimum absolute atomic E-state index is 0.302. The van der Waals surface area contributed by atoms with Gasteiger partial charge < -0.3 is 35.5 Å². The Labute approximate surface area is 86.3 Å². The minimum atomic E-state index is -4.20. The summed E-state index contributed by atoms with van der Waals surface area (Å²) in [5.74, 6) is 0. The Hall–Kier alpha value is -0.0500. The highest BCUT2D eigenvalue weighted by atomic mass is 31.2. The average molecular weight is 245 g/mol. The van der Waals surface area contributed by atoms with Crippen molar-refractivity contribution < 1.29 is 34.8 Å². The van der Waals surface area contributed by atoms with E-state index < -0.39 is 38.8 Å². The summed E-state index contributed by atoms with van der Waals surface area (Å²) in [5, 5.41) is 37.9. The maximum absolute atomic E-state index is 10.4. The van der Waals surface area contributed by atoms with Crippen molar-refractivity contribution in [1.29, 1.82) is 0 Å². The van der Waals surface area contributed by atoms with Crippen molar-refractivity contribution in [1.82, 2.24) is 5.32 Å². The van der Waals surface area contributed by atoms with Gasteiger partial charge in [0, 0.05) is 6.54 Å². The molecule has 92 valence electrons. The number of hydrogen-bond donors (Lipinski definition) is 7. The van der Waals surface area contributed by atoms with E-state index in [9.17, 15) is 9.67 Å². The predicted octanol–water partition coefficient (Wildman–Crippen LogP) is -3.21. The zero-order valence-electron chi connectivity index (χ0n) is 7.89. The van der Waals surface area contributed by atoms with Gasteiger partial charge in [0.25, 0.3) is 0 Å². The van der Waals surface area contributed by atoms with Gasteiger partial charge in [0.15, 0.2) is 0 Å². The molecular formula is C6H16NO7P. The highest BCUT2D eigenvalue weighted by molar-refractivity contribution is 7.51. The summed E-state index contributed by atoms with van der Waals surface area (Å²) in [7, 11) is -4.20. The molecule has 0 aliphatic rings. The first-order chi connectivity index (χ1) is 6.78. The molecule has 0 bridgehead atoms. The molecule has 0 saturated heterocycles. The van der Waals surface area contributed by atoms with Crippen LogP contribution in [0.15, 0.2) is 0 Å². The van der Waals surface area contributed by atoms with Crippen LogP contribution in [0.3, 0.4) is 0 Å². The fourth-order valence-corrected chi connectivity index (χ4v) is 1.26. The van der Waals surface area contributed by atoms with E-state index in [1.807, 2.05) is 0 Å². The second-order valence-electron chi connectivity index (χ2n) is 3.08. The Kier molecular flexibility index (Phi) is 6.49. The zero-order valence-corrected chi connectivity index (χ0v) is 8.79. The monoisotopic (exact) mass is 245 g/mol. The highest BCUT2D eigenvalue weighted by Crippen LogP contribution is 2.31. The molecule has 15 heavy (non-hydrogen) atoms. The van der Waals surface area contributed by atoms with E-state index >= 15 is 0 Å². The molecule has 0 aromatic rings. The van der Waals surface area contributed by atoms with E-state index in [-0.39, 0.29) is 6.54 Å². The number of nitrogens with one attached hydrogen (secondary N) is 1. The summed E-state index contributed by atoms with van der Waals surface area (Å²) in [6, 6.07) is 0. The summed E-state index contributed by atoms with van der Waals surface area (Å²) in [4.78, 5) is 16.9. The van der Waals surface area contributed by atoms with Gasteiger partial charge in [0.05, 0.1) is 19.0 Å². The summed E-state index contributed by atoms with van der Waals surface area (Å²) in [6.45, 7) is -1.01. The van der Waals surface area contributed by atoms with Crippen LogP contribution in [-0.4, -0.2) is 68.0 Å². The quantitative estimate of drug-likeness (QED) is 0.231. The lowest BCUT2D eigenvalue weighted by Gasteiger charge is -2.21. The van der Waals surface area contributed by atoms with Crippen LogP contribution in [0.1, 0.15) is 0 Å². The van der Waals surface area contributed by atoms with Crippen molar-refractivity contribution in [3.8, 4) is 0 Å². The molecule has 0 rings (SSSR count). The van der Waals surface area contributed by atoms with E-state index in [1.165, 1.54) is 0 Å².